The summed E-state index contributed by atoms with van der Waals surface area (Å²) in [4.78, 5) is 10.4. The fourth-order valence-electron chi connectivity index (χ4n) is 0.492. The van der Waals surface area contributed by atoms with Gasteiger partial charge in [0, 0.05) is 19.2 Å². The first kappa shape index (κ1) is 17.3. The molecule has 0 fully saturated rings. The molecule has 0 saturated carbocycles. The van der Waals surface area contributed by atoms with E-state index in [0.717, 1.165) is 11.8 Å². The SMILES string of the molecule is CC(=O)NCCSC(O)C(Cl)(Cl)Cl.Cl. The van der Waals surface area contributed by atoms with Crippen LogP contribution in [-0.2, 0) is 4.79 Å². The van der Waals surface area contributed by atoms with Crippen molar-refractivity contribution in [2.75, 3.05) is 12.3 Å². The first-order chi connectivity index (χ1) is 5.84. The zero-order valence-electron chi connectivity index (χ0n) is 7.30. The number of carbonyl (C=O) groups excluding carboxylic acids is 1. The number of aliphatic hydroxyl groups is 1. The lowest BCUT2D eigenvalue weighted by atomic mass is 10.6. The molecule has 0 aromatic carbocycles. The quantitative estimate of drug-likeness (QED) is 0.474. The van der Waals surface area contributed by atoms with Gasteiger partial charge in [-0.2, -0.15) is 0 Å². The first-order valence-electron chi connectivity index (χ1n) is 3.45. The van der Waals surface area contributed by atoms with E-state index in [1.54, 1.807) is 0 Å². The van der Waals surface area contributed by atoms with Crippen molar-refractivity contribution >= 4 is 64.9 Å². The van der Waals surface area contributed by atoms with Crippen LogP contribution in [0.3, 0.4) is 0 Å². The van der Waals surface area contributed by atoms with E-state index in [1.165, 1.54) is 6.92 Å². The molecule has 3 nitrogen and oxygen atoms in total. The van der Waals surface area contributed by atoms with Gasteiger partial charge in [-0.3, -0.25) is 4.79 Å². The predicted octanol–water partition coefficient (Wildman–Crippen LogP) is 1.97. The van der Waals surface area contributed by atoms with E-state index in [0.29, 0.717) is 12.3 Å². The summed E-state index contributed by atoms with van der Waals surface area (Å²) in [7, 11) is 0. The molecule has 0 heterocycles. The molecule has 1 atom stereocenters. The molecule has 1 unspecified atom stereocenters. The summed E-state index contributed by atoms with van der Waals surface area (Å²) in [6.07, 6.45) is 0. The molecule has 0 saturated heterocycles. The van der Waals surface area contributed by atoms with Crippen LogP contribution in [0.5, 0.6) is 0 Å². The van der Waals surface area contributed by atoms with E-state index in [1.807, 2.05) is 0 Å². The highest BCUT2D eigenvalue weighted by atomic mass is 35.6. The van der Waals surface area contributed by atoms with Gasteiger partial charge in [-0.05, 0) is 0 Å². The second kappa shape index (κ2) is 8.13. The summed E-state index contributed by atoms with van der Waals surface area (Å²) in [5.41, 5.74) is -1.08. The van der Waals surface area contributed by atoms with Gasteiger partial charge in [0.1, 0.15) is 5.44 Å². The van der Waals surface area contributed by atoms with Crippen LogP contribution < -0.4 is 5.32 Å². The molecular formula is C6H11Cl4NO2S. The number of thioether (sulfide) groups is 1. The van der Waals surface area contributed by atoms with Crippen LogP contribution in [0.2, 0.25) is 0 Å². The van der Waals surface area contributed by atoms with Crippen LogP contribution in [0.15, 0.2) is 0 Å². The second-order valence-electron chi connectivity index (χ2n) is 2.25. The van der Waals surface area contributed by atoms with E-state index in [9.17, 15) is 9.90 Å². The van der Waals surface area contributed by atoms with Crippen molar-refractivity contribution in [3.63, 3.8) is 0 Å². The molecule has 0 bridgehead atoms. The molecule has 0 radical (unpaired) electrons. The van der Waals surface area contributed by atoms with Crippen molar-refractivity contribution in [3.8, 4) is 0 Å². The molecule has 2 N–H and O–H groups in total. The van der Waals surface area contributed by atoms with Gasteiger partial charge in [0.2, 0.25) is 9.70 Å². The number of amides is 1. The van der Waals surface area contributed by atoms with Crippen molar-refractivity contribution in [1.82, 2.24) is 5.32 Å². The van der Waals surface area contributed by atoms with Gasteiger partial charge >= 0.3 is 0 Å². The Balaban J connectivity index is 0. The fraction of sp³-hybridized carbons (Fsp3) is 0.833. The highest BCUT2D eigenvalue weighted by Crippen LogP contribution is 2.35. The normalized spacial score (nSPS) is 12.9. The van der Waals surface area contributed by atoms with E-state index >= 15 is 0 Å². The number of halogens is 4. The molecule has 0 aliphatic rings. The van der Waals surface area contributed by atoms with E-state index in [2.05, 4.69) is 5.32 Å². The predicted molar refractivity (Wildman–Crippen MR) is 64.7 cm³/mol. The maximum Gasteiger partial charge on any atom is 0.225 e. The Labute approximate surface area is 108 Å². The third-order valence-electron chi connectivity index (χ3n) is 1.03. The topological polar surface area (TPSA) is 49.3 Å². The van der Waals surface area contributed by atoms with Crippen molar-refractivity contribution < 1.29 is 9.90 Å². The van der Waals surface area contributed by atoms with Gasteiger partial charge in [0.05, 0.1) is 0 Å². The van der Waals surface area contributed by atoms with Gasteiger partial charge < -0.3 is 10.4 Å². The summed E-state index contributed by atoms with van der Waals surface area (Å²) in [5, 5.41) is 11.8. The lowest BCUT2D eigenvalue weighted by Gasteiger charge is -2.17. The van der Waals surface area contributed by atoms with Crippen molar-refractivity contribution in [2.24, 2.45) is 0 Å². The molecule has 0 aromatic rings. The van der Waals surface area contributed by atoms with Gasteiger partial charge in [0.15, 0.2) is 0 Å². The van der Waals surface area contributed by atoms with Gasteiger partial charge in [0.25, 0.3) is 0 Å². The largest absolute Gasteiger partial charge is 0.378 e. The van der Waals surface area contributed by atoms with E-state index < -0.39 is 9.23 Å². The number of aliphatic hydroxyl groups excluding tert-OH is 1. The van der Waals surface area contributed by atoms with Gasteiger partial charge in [-0.15, -0.1) is 24.2 Å². The first-order valence-corrected chi connectivity index (χ1v) is 5.63. The minimum Gasteiger partial charge on any atom is -0.378 e. The van der Waals surface area contributed by atoms with E-state index in [4.69, 9.17) is 34.8 Å². The van der Waals surface area contributed by atoms with Crippen LogP contribution >= 0.6 is 59.0 Å². The number of carbonyl (C=O) groups is 1. The minimum atomic E-state index is -1.68. The zero-order valence-corrected chi connectivity index (χ0v) is 11.2. The smallest absolute Gasteiger partial charge is 0.225 e. The average molecular weight is 303 g/mol. The molecule has 0 aliphatic carbocycles. The molecule has 8 heteroatoms. The summed E-state index contributed by atoms with van der Waals surface area (Å²) in [5.74, 6) is 0.373. The monoisotopic (exact) mass is 301 g/mol. The van der Waals surface area contributed by atoms with Crippen LogP contribution in [-0.4, -0.2) is 32.5 Å². The lowest BCUT2D eigenvalue weighted by Crippen LogP contribution is -2.26. The van der Waals surface area contributed by atoms with Crippen LogP contribution in [0.1, 0.15) is 6.92 Å². The maximum absolute atomic E-state index is 10.4. The fourth-order valence-corrected chi connectivity index (χ4v) is 1.69. The molecular weight excluding hydrogens is 292 g/mol. The Morgan fingerprint density at radius 3 is 2.43 bits per heavy atom. The Bertz CT molecular complexity index is 176. The summed E-state index contributed by atoms with van der Waals surface area (Å²) in [6, 6.07) is 0. The Morgan fingerprint density at radius 1 is 1.57 bits per heavy atom. The van der Waals surface area contributed by atoms with Crippen LogP contribution in [0, 0.1) is 0 Å². The van der Waals surface area contributed by atoms with Crippen LogP contribution in [0.25, 0.3) is 0 Å². The van der Waals surface area contributed by atoms with Crippen molar-refractivity contribution in [2.45, 2.75) is 16.2 Å². The number of nitrogens with one attached hydrogen (secondary N) is 1. The van der Waals surface area contributed by atoms with Gasteiger partial charge in [-0.25, -0.2) is 0 Å². The minimum absolute atomic E-state index is 0. The molecule has 0 spiro atoms. The number of hydrogen-bond acceptors (Lipinski definition) is 3. The Kier molecular flexibility index (Phi) is 10.1. The van der Waals surface area contributed by atoms with E-state index in [-0.39, 0.29) is 18.3 Å². The third kappa shape index (κ3) is 9.49. The summed E-state index contributed by atoms with van der Waals surface area (Å²) >= 11 is 17.3. The molecule has 86 valence electrons. The number of rotatable bonds is 4. The molecule has 0 aliphatic heterocycles. The second-order valence-corrected chi connectivity index (χ2v) is 5.80. The van der Waals surface area contributed by atoms with Crippen molar-refractivity contribution in [3.05, 3.63) is 0 Å². The molecule has 0 rings (SSSR count). The summed E-state index contributed by atoms with van der Waals surface area (Å²) < 4.78 is -1.68. The molecule has 1 amide bonds. The molecule has 14 heavy (non-hydrogen) atoms. The number of alkyl halides is 3. The average Bonchev–Trinajstić information content (AvgIpc) is 1.95. The summed E-state index contributed by atoms with van der Waals surface area (Å²) in [6.45, 7) is 1.86. The third-order valence-corrected chi connectivity index (χ3v) is 3.15. The number of hydrogen-bond donors (Lipinski definition) is 2. The molecule has 0 aromatic heterocycles. The lowest BCUT2D eigenvalue weighted by molar-refractivity contribution is -0.118. The Hall–Kier alpha value is 0.940. The highest BCUT2D eigenvalue weighted by molar-refractivity contribution is 8.00. The maximum atomic E-state index is 10.4. The Morgan fingerprint density at radius 2 is 2.07 bits per heavy atom. The standard InChI is InChI=1S/C6H10Cl3NO2S.ClH/c1-4(11)10-2-3-13-5(12)6(7,8)9;/h5,12H,2-3H2,1H3,(H,10,11);1H. The van der Waals surface area contributed by atoms with Crippen molar-refractivity contribution in [1.29, 1.82) is 0 Å². The zero-order chi connectivity index (χ0) is 10.5. The van der Waals surface area contributed by atoms with Crippen LogP contribution in [0.4, 0.5) is 0 Å². The van der Waals surface area contributed by atoms with Gasteiger partial charge in [-0.1, -0.05) is 34.8 Å². The highest BCUT2D eigenvalue weighted by Gasteiger charge is 2.30.